The number of carbonyl (C=O) groups is 2. The molecule has 0 spiro atoms. The van der Waals surface area contributed by atoms with Gasteiger partial charge in [-0.3, -0.25) is 14.5 Å². The van der Waals surface area contributed by atoms with Crippen LogP contribution in [0.2, 0.25) is 0 Å². The van der Waals surface area contributed by atoms with Crippen molar-refractivity contribution in [3.63, 3.8) is 0 Å². The first-order chi connectivity index (χ1) is 11.3. The Morgan fingerprint density at radius 3 is 2.21 bits per heavy atom. The molecule has 0 saturated heterocycles. The van der Waals surface area contributed by atoms with E-state index in [-0.39, 0.29) is 23.2 Å². The molecule has 1 aromatic heterocycles. The molecule has 3 rings (SSSR count). The van der Waals surface area contributed by atoms with Gasteiger partial charge in [0.1, 0.15) is 0 Å². The number of ether oxygens (including phenoxy) is 1. The highest BCUT2D eigenvalue weighted by atomic mass is 127. The number of nitrogens with zero attached hydrogens (tertiary/aromatic N) is 2. The summed E-state index contributed by atoms with van der Waals surface area (Å²) in [5.41, 5.74) is 0.462. The summed E-state index contributed by atoms with van der Waals surface area (Å²) in [5.74, 6) is -1.80. The lowest BCUT2D eigenvalue weighted by Gasteiger charge is -2.18. The number of fused-ring (bicyclic) bond motifs is 1. The minimum Gasteiger partial charge on any atom is -0.387 e. The molecule has 0 fully saturated rings. The number of alkyl halides is 3. The maximum Gasteiger partial charge on any atom is 0.574 e. The summed E-state index contributed by atoms with van der Waals surface area (Å²) < 4.78 is 41.9. The van der Waals surface area contributed by atoms with E-state index in [1.807, 2.05) is 0 Å². The Bertz CT molecular complexity index is 804. The number of pyridine rings is 1. The summed E-state index contributed by atoms with van der Waals surface area (Å²) in [6, 6.07) is 7.68. The highest BCUT2D eigenvalue weighted by Crippen LogP contribution is 2.31. The van der Waals surface area contributed by atoms with Crippen molar-refractivity contribution in [2.24, 2.45) is 0 Å². The van der Waals surface area contributed by atoms with Crippen molar-refractivity contribution >= 4 is 34.4 Å². The molecule has 0 N–H and O–H groups in total. The van der Waals surface area contributed by atoms with Gasteiger partial charge in [0.15, 0.2) is 0 Å². The van der Waals surface area contributed by atoms with Gasteiger partial charge in [-0.05, 0) is 40.8 Å². The summed E-state index contributed by atoms with van der Waals surface area (Å²) >= 11 is 1.80. The first-order valence-corrected chi connectivity index (χ1v) is 7.70. The number of benzene rings is 1. The van der Waals surface area contributed by atoms with E-state index in [9.17, 15) is 22.8 Å². The molecular weight excluding hydrogens is 440 g/mol. The van der Waals surface area contributed by atoms with Crippen molar-refractivity contribution < 1.29 is 27.5 Å². The highest BCUT2D eigenvalue weighted by molar-refractivity contribution is 14.1. The summed E-state index contributed by atoms with van der Waals surface area (Å²) in [6.07, 6.45) is -3.76. The molecule has 24 heavy (non-hydrogen) atoms. The van der Waals surface area contributed by atoms with Crippen molar-refractivity contribution in [2.75, 3.05) is 0 Å². The highest BCUT2D eigenvalue weighted by Gasteiger charge is 2.38. The minimum atomic E-state index is -4.92. The normalized spacial score (nSPS) is 14.1. The Morgan fingerprint density at radius 1 is 1.08 bits per heavy atom. The van der Waals surface area contributed by atoms with Crippen LogP contribution in [0.4, 0.5) is 13.2 Å². The molecule has 5 nitrogen and oxygen atoms in total. The van der Waals surface area contributed by atoms with Crippen LogP contribution in [0.3, 0.4) is 0 Å². The molecule has 2 heterocycles. The van der Waals surface area contributed by atoms with E-state index in [0.717, 1.165) is 11.1 Å². The van der Waals surface area contributed by atoms with Gasteiger partial charge in [0.2, 0.25) is 5.88 Å². The van der Waals surface area contributed by atoms with Crippen LogP contribution in [-0.4, -0.2) is 28.1 Å². The molecule has 0 unspecified atom stereocenters. The van der Waals surface area contributed by atoms with Crippen molar-refractivity contribution in [3.05, 3.63) is 56.8 Å². The lowest BCUT2D eigenvalue weighted by atomic mass is 10.1. The lowest BCUT2D eigenvalue weighted by Crippen LogP contribution is -2.30. The van der Waals surface area contributed by atoms with E-state index < -0.39 is 24.1 Å². The summed E-state index contributed by atoms with van der Waals surface area (Å²) in [7, 11) is 0. The maximum atomic E-state index is 12.5. The molecule has 1 aliphatic rings. The minimum absolute atomic E-state index is 0.0185. The molecule has 9 heteroatoms. The number of hydrogen-bond donors (Lipinski definition) is 0. The van der Waals surface area contributed by atoms with Crippen LogP contribution in [-0.2, 0) is 6.54 Å². The third-order valence-corrected chi connectivity index (χ3v) is 4.38. The van der Waals surface area contributed by atoms with Gasteiger partial charge in [-0.25, -0.2) is 4.98 Å². The van der Waals surface area contributed by atoms with Crippen molar-refractivity contribution in [1.29, 1.82) is 0 Å². The molecule has 0 aliphatic carbocycles. The zero-order valence-electron chi connectivity index (χ0n) is 11.8. The van der Waals surface area contributed by atoms with Crippen LogP contribution in [0.1, 0.15) is 26.3 Å². The van der Waals surface area contributed by atoms with E-state index in [2.05, 4.69) is 9.72 Å². The SMILES string of the molecule is O=C1c2ccccc2C(=O)N1Cc1c(I)ccnc1OC(F)(F)F. The molecule has 1 aliphatic heterocycles. The van der Waals surface area contributed by atoms with Crippen molar-refractivity contribution in [1.82, 2.24) is 9.88 Å². The predicted octanol–water partition coefficient (Wildman–Crippen LogP) is 3.38. The van der Waals surface area contributed by atoms with E-state index >= 15 is 0 Å². The van der Waals surface area contributed by atoms with Crippen LogP contribution >= 0.6 is 22.6 Å². The summed E-state index contributed by atoms with van der Waals surface area (Å²) in [5, 5.41) is 0. The molecule has 0 bridgehead atoms. The van der Waals surface area contributed by atoms with Gasteiger partial charge in [0.25, 0.3) is 11.8 Å². The quantitative estimate of drug-likeness (QED) is 0.534. The summed E-state index contributed by atoms with van der Waals surface area (Å²) in [4.78, 5) is 29.1. The lowest BCUT2D eigenvalue weighted by molar-refractivity contribution is -0.276. The van der Waals surface area contributed by atoms with Crippen LogP contribution in [0.5, 0.6) is 5.88 Å². The maximum absolute atomic E-state index is 12.5. The first kappa shape index (κ1) is 16.7. The van der Waals surface area contributed by atoms with Gasteiger partial charge < -0.3 is 4.74 Å². The van der Waals surface area contributed by atoms with E-state index in [0.29, 0.717) is 3.57 Å². The third-order valence-electron chi connectivity index (χ3n) is 3.37. The number of amides is 2. The molecule has 1 aromatic carbocycles. The predicted molar refractivity (Wildman–Crippen MR) is 84.3 cm³/mol. The number of aromatic nitrogens is 1. The van der Waals surface area contributed by atoms with E-state index in [1.165, 1.54) is 18.2 Å². The van der Waals surface area contributed by atoms with Gasteiger partial charge in [-0.2, -0.15) is 0 Å². The molecule has 0 saturated carbocycles. The Kier molecular flexibility index (Phi) is 4.20. The van der Waals surface area contributed by atoms with Crippen LogP contribution in [0.15, 0.2) is 36.5 Å². The van der Waals surface area contributed by atoms with Gasteiger partial charge in [-0.1, -0.05) is 12.1 Å². The topological polar surface area (TPSA) is 59.5 Å². The van der Waals surface area contributed by atoms with Gasteiger partial charge in [0, 0.05) is 15.3 Å². The molecule has 0 radical (unpaired) electrons. The standard InChI is InChI=1S/C15H8F3IN2O3/c16-15(17,18)24-12-10(11(19)5-6-20-12)7-21-13(22)8-3-1-2-4-9(8)14(21)23/h1-6H,7H2. The fraction of sp³-hybridized carbons (Fsp3) is 0.133. The van der Waals surface area contributed by atoms with E-state index in [1.54, 1.807) is 34.7 Å². The molecule has 124 valence electrons. The average Bonchev–Trinajstić information content (AvgIpc) is 2.74. The van der Waals surface area contributed by atoms with Crippen LogP contribution < -0.4 is 4.74 Å². The fourth-order valence-corrected chi connectivity index (χ4v) is 2.89. The Labute approximate surface area is 147 Å². The van der Waals surface area contributed by atoms with Gasteiger partial charge in [-0.15, -0.1) is 13.2 Å². The second-order valence-electron chi connectivity index (χ2n) is 4.87. The number of imide groups is 1. The van der Waals surface area contributed by atoms with Gasteiger partial charge in [0.05, 0.1) is 17.7 Å². The van der Waals surface area contributed by atoms with E-state index in [4.69, 9.17) is 0 Å². The molecule has 2 amide bonds. The zero-order chi connectivity index (χ0) is 17.5. The number of hydrogen-bond acceptors (Lipinski definition) is 4. The van der Waals surface area contributed by atoms with Crippen molar-refractivity contribution in [3.8, 4) is 5.88 Å². The second-order valence-corrected chi connectivity index (χ2v) is 6.03. The first-order valence-electron chi connectivity index (χ1n) is 6.62. The second kappa shape index (κ2) is 6.04. The smallest absolute Gasteiger partial charge is 0.387 e. The Balaban J connectivity index is 1.96. The largest absolute Gasteiger partial charge is 0.574 e. The fourth-order valence-electron chi connectivity index (χ4n) is 2.33. The zero-order valence-corrected chi connectivity index (χ0v) is 14.0. The molecular formula is C15H8F3IN2O3. The number of carbonyl (C=O) groups excluding carboxylic acids is 2. The van der Waals surface area contributed by atoms with Crippen LogP contribution in [0.25, 0.3) is 0 Å². The Morgan fingerprint density at radius 2 is 1.67 bits per heavy atom. The van der Waals surface area contributed by atoms with Crippen LogP contribution in [0, 0.1) is 3.57 Å². The number of rotatable bonds is 3. The molecule has 2 aromatic rings. The van der Waals surface area contributed by atoms with Crippen molar-refractivity contribution in [2.45, 2.75) is 12.9 Å². The number of halogens is 4. The Hall–Kier alpha value is -2.17. The summed E-state index contributed by atoms with van der Waals surface area (Å²) in [6.45, 7) is -0.357. The van der Waals surface area contributed by atoms with Gasteiger partial charge >= 0.3 is 6.36 Å². The molecule has 0 atom stereocenters. The average molecular weight is 448 g/mol. The third kappa shape index (κ3) is 3.07. The monoisotopic (exact) mass is 448 g/mol.